The third-order valence-electron chi connectivity index (χ3n) is 5.46. The minimum atomic E-state index is -0.167. The highest BCUT2D eigenvalue weighted by atomic mass is 32.2. The number of aryl methyl sites for hydroxylation is 2. The molecule has 1 amide bonds. The number of carbonyl (C=O) groups excluding carboxylic acids is 1. The van der Waals surface area contributed by atoms with Crippen LogP contribution in [0.15, 0.2) is 23.4 Å². The quantitative estimate of drug-likeness (QED) is 0.441. The van der Waals surface area contributed by atoms with Crippen molar-refractivity contribution in [2.75, 3.05) is 19.5 Å². The van der Waals surface area contributed by atoms with Crippen LogP contribution in [0.2, 0.25) is 0 Å². The molecule has 0 radical (unpaired) electrons. The van der Waals surface area contributed by atoms with Crippen molar-refractivity contribution in [3.8, 4) is 11.5 Å². The van der Waals surface area contributed by atoms with Crippen LogP contribution in [0.3, 0.4) is 0 Å². The number of benzene rings is 1. The van der Waals surface area contributed by atoms with Crippen LogP contribution in [-0.4, -0.2) is 45.0 Å². The van der Waals surface area contributed by atoms with Crippen LogP contribution in [0, 0.1) is 19.8 Å². The minimum absolute atomic E-state index is 0.0712. The summed E-state index contributed by atoms with van der Waals surface area (Å²) < 4.78 is 13.2. The van der Waals surface area contributed by atoms with Gasteiger partial charge in [0.15, 0.2) is 11.5 Å². The molecule has 9 heteroatoms. The Morgan fingerprint density at radius 2 is 1.82 bits per heavy atom. The molecule has 0 spiro atoms. The number of amides is 1. The molecule has 1 unspecified atom stereocenters. The van der Waals surface area contributed by atoms with Gasteiger partial charge >= 0.3 is 0 Å². The molecule has 0 saturated heterocycles. The Kier molecular flexibility index (Phi) is 8.18. The highest BCUT2D eigenvalue weighted by Gasteiger charge is 2.22. The van der Waals surface area contributed by atoms with Crippen LogP contribution in [0.4, 0.5) is 0 Å². The maximum absolute atomic E-state index is 13.1. The second-order valence-corrected chi connectivity index (χ2v) is 8.88. The number of fused-ring (bicyclic) bond motifs is 1. The topological polar surface area (TPSA) is 90.6 Å². The second-order valence-electron chi connectivity index (χ2n) is 8.11. The first-order chi connectivity index (χ1) is 15.8. The zero-order valence-electron chi connectivity index (χ0n) is 20.4. The molecule has 33 heavy (non-hydrogen) atoms. The van der Waals surface area contributed by atoms with E-state index in [-0.39, 0.29) is 24.3 Å². The van der Waals surface area contributed by atoms with Crippen LogP contribution in [0.25, 0.3) is 5.78 Å². The van der Waals surface area contributed by atoms with Crippen molar-refractivity contribution in [3.63, 3.8) is 0 Å². The summed E-state index contributed by atoms with van der Waals surface area (Å²) in [5.41, 5.74) is 3.51. The van der Waals surface area contributed by atoms with Gasteiger partial charge in [0.1, 0.15) is 0 Å². The molecular weight excluding hydrogens is 438 g/mol. The van der Waals surface area contributed by atoms with Gasteiger partial charge in [0.05, 0.1) is 25.7 Å². The summed E-state index contributed by atoms with van der Waals surface area (Å²) in [7, 11) is 0. The van der Waals surface area contributed by atoms with Gasteiger partial charge in [-0.2, -0.15) is 4.98 Å². The van der Waals surface area contributed by atoms with Crippen LogP contribution >= 0.6 is 11.8 Å². The molecule has 0 fully saturated rings. The van der Waals surface area contributed by atoms with Crippen LogP contribution in [0.5, 0.6) is 11.5 Å². The second kappa shape index (κ2) is 10.9. The zero-order chi connectivity index (χ0) is 24.1. The van der Waals surface area contributed by atoms with E-state index in [9.17, 15) is 4.79 Å². The fraction of sp³-hybridized carbons (Fsp3) is 0.500. The molecule has 0 aliphatic rings. The van der Waals surface area contributed by atoms with Crippen molar-refractivity contribution in [2.45, 2.75) is 59.2 Å². The molecule has 1 atom stereocenters. The van der Waals surface area contributed by atoms with Gasteiger partial charge in [0.25, 0.3) is 5.78 Å². The van der Waals surface area contributed by atoms with E-state index >= 15 is 0 Å². The largest absolute Gasteiger partial charge is 0.490 e. The molecule has 1 N–H and O–H groups in total. The summed E-state index contributed by atoms with van der Waals surface area (Å²) in [5.74, 6) is 2.06. The third-order valence-corrected chi connectivity index (χ3v) is 6.00. The number of ether oxygens (including phenoxy) is 2. The zero-order valence-corrected chi connectivity index (χ0v) is 21.2. The highest BCUT2D eigenvalue weighted by molar-refractivity contribution is 7.98. The Labute approximate surface area is 199 Å². The molecule has 0 bridgehead atoms. The average Bonchev–Trinajstić information content (AvgIpc) is 3.19. The van der Waals surface area contributed by atoms with Gasteiger partial charge in [-0.3, -0.25) is 4.79 Å². The molecule has 3 aromatic rings. The van der Waals surface area contributed by atoms with Crippen molar-refractivity contribution >= 4 is 23.4 Å². The Morgan fingerprint density at radius 3 is 2.45 bits per heavy atom. The molecule has 0 aliphatic heterocycles. The van der Waals surface area contributed by atoms with E-state index in [1.807, 2.05) is 52.1 Å². The van der Waals surface area contributed by atoms with Crippen LogP contribution in [-0.2, 0) is 11.2 Å². The highest BCUT2D eigenvalue weighted by Crippen LogP contribution is 2.33. The van der Waals surface area contributed by atoms with Gasteiger partial charge in [-0.25, -0.2) is 9.50 Å². The SMILES string of the molecule is CCOc1ccc(C(NC(=O)Cc2c(C)nc3nc(SC)nn3c2C)C(C)C)cc1OCC. The number of nitrogens with zero attached hydrogens (tertiary/aromatic N) is 4. The fourth-order valence-electron chi connectivity index (χ4n) is 3.81. The van der Waals surface area contributed by atoms with Crippen LogP contribution in [0.1, 0.15) is 56.3 Å². The van der Waals surface area contributed by atoms with Gasteiger partial charge in [0.2, 0.25) is 11.1 Å². The molecule has 178 valence electrons. The first-order valence-corrected chi connectivity index (χ1v) is 12.5. The molecule has 8 nitrogen and oxygen atoms in total. The monoisotopic (exact) mass is 471 g/mol. The first kappa shape index (κ1) is 24.8. The molecule has 0 aliphatic carbocycles. The lowest BCUT2D eigenvalue weighted by molar-refractivity contribution is -0.121. The summed E-state index contributed by atoms with van der Waals surface area (Å²) in [6, 6.07) is 5.69. The lowest BCUT2D eigenvalue weighted by atomic mass is 9.95. The fourth-order valence-corrected chi connectivity index (χ4v) is 4.15. The van der Waals surface area contributed by atoms with E-state index < -0.39 is 0 Å². The van der Waals surface area contributed by atoms with Gasteiger partial charge in [-0.05, 0) is 57.6 Å². The van der Waals surface area contributed by atoms with Crippen molar-refractivity contribution in [2.24, 2.45) is 5.92 Å². The van der Waals surface area contributed by atoms with E-state index in [1.54, 1.807) is 4.52 Å². The minimum Gasteiger partial charge on any atom is -0.490 e. The number of carbonyl (C=O) groups is 1. The number of hydrogen-bond donors (Lipinski definition) is 1. The Morgan fingerprint density at radius 1 is 1.12 bits per heavy atom. The third kappa shape index (κ3) is 5.58. The summed E-state index contributed by atoms with van der Waals surface area (Å²) in [6.07, 6.45) is 2.14. The Balaban J connectivity index is 1.85. The van der Waals surface area contributed by atoms with Gasteiger partial charge < -0.3 is 14.8 Å². The average molecular weight is 472 g/mol. The summed E-state index contributed by atoms with van der Waals surface area (Å²) in [4.78, 5) is 22.1. The maximum Gasteiger partial charge on any atom is 0.253 e. The number of nitrogens with one attached hydrogen (secondary N) is 1. The number of aromatic nitrogens is 4. The summed E-state index contributed by atoms with van der Waals surface area (Å²) in [5, 5.41) is 8.34. The van der Waals surface area contributed by atoms with E-state index in [1.165, 1.54) is 11.8 Å². The summed E-state index contributed by atoms with van der Waals surface area (Å²) >= 11 is 1.47. The Hall–Kier alpha value is -2.81. The lowest BCUT2D eigenvalue weighted by Crippen LogP contribution is -2.33. The van der Waals surface area contributed by atoms with Gasteiger partial charge in [-0.1, -0.05) is 31.7 Å². The van der Waals surface area contributed by atoms with E-state index in [0.717, 1.165) is 22.5 Å². The molecule has 1 aromatic carbocycles. The number of thioether (sulfide) groups is 1. The molecule has 2 heterocycles. The first-order valence-electron chi connectivity index (χ1n) is 11.2. The van der Waals surface area contributed by atoms with Gasteiger partial charge in [0, 0.05) is 17.0 Å². The van der Waals surface area contributed by atoms with Crippen molar-refractivity contribution < 1.29 is 14.3 Å². The smallest absolute Gasteiger partial charge is 0.253 e. The molecule has 3 rings (SSSR count). The standard InChI is InChI=1S/C24H33N5O3S/c1-8-31-19-11-10-17(12-20(19)32-9-2)22(14(3)4)26-21(30)13-18-15(5)25-23-27-24(33-7)28-29(23)16(18)6/h10-12,14,22H,8-9,13H2,1-7H3,(H,26,30). The Bertz CT molecular complexity index is 1130. The maximum atomic E-state index is 13.1. The van der Waals surface area contributed by atoms with E-state index in [2.05, 4.69) is 34.2 Å². The number of hydrogen-bond acceptors (Lipinski definition) is 7. The molecule has 2 aromatic heterocycles. The predicted molar refractivity (Wildman–Crippen MR) is 130 cm³/mol. The van der Waals surface area contributed by atoms with Crippen molar-refractivity contribution in [3.05, 3.63) is 40.7 Å². The van der Waals surface area contributed by atoms with Gasteiger partial charge in [-0.15, -0.1) is 5.10 Å². The summed E-state index contributed by atoms with van der Waals surface area (Å²) in [6.45, 7) is 13.0. The molecular formula is C24H33N5O3S. The predicted octanol–water partition coefficient (Wildman–Crippen LogP) is 4.32. The van der Waals surface area contributed by atoms with E-state index in [4.69, 9.17) is 9.47 Å². The lowest BCUT2D eigenvalue weighted by Gasteiger charge is -2.24. The van der Waals surface area contributed by atoms with Crippen LogP contribution < -0.4 is 14.8 Å². The number of rotatable bonds is 10. The van der Waals surface area contributed by atoms with Crippen molar-refractivity contribution in [1.29, 1.82) is 0 Å². The van der Waals surface area contributed by atoms with E-state index in [0.29, 0.717) is 35.6 Å². The molecule has 0 saturated carbocycles. The normalized spacial score (nSPS) is 12.2. The van der Waals surface area contributed by atoms with Crippen molar-refractivity contribution in [1.82, 2.24) is 24.9 Å².